The molecule has 0 saturated heterocycles. The van der Waals surface area contributed by atoms with Crippen molar-refractivity contribution in [3.63, 3.8) is 0 Å². The molecular weight excluding hydrogens is 300 g/mol. The van der Waals surface area contributed by atoms with Crippen molar-refractivity contribution in [2.24, 2.45) is 0 Å². The largest absolute Gasteiger partial charge is 0.490 e. The van der Waals surface area contributed by atoms with Crippen molar-refractivity contribution in [3.05, 3.63) is 18.2 Å². The van der Waals surface area contributed by atoms with E-state index in [0.717, 1.165) is 6.42 Å². The van der Waals surface area contributed by atoms with Crippen LogP contribution < -0.4 is 19.7 Å². The molecule has 1 aliphatic heterocycles. The van der Waals surface area contributed by atoms with Crippen LogP contribution in [0.1, 0.15) is 13.3 Å². The SMILES string of the molecule is CCOC(=O)NNS(=O)(=O)c1ccc2c(c1)OCCCO2. The molecule has 0 fully saturated rings. The minimum atomic E-state index is -3.92. The minimum absolute atomic E-state index is 0.0523. The first-order valence-corrected chi connectivity index (χ1v) is 7.85. The number of fused-ring (bicyclic) bond motifs is 1. The number of carbonyl (C=O) groups is 1. The second kappa shape index (κ2) is 6.64. The van der Waals surface area contributed by atoms with Gasteiger partial charge in [-0.25, -0.2) is 18.6 Å². The minimum Gasteiger partial charge on any atom is -0.490 e. The molecular formula is C12H16N2O6S. The summed E-state index contributed by atoms with van der Waals surface area (Å²) in [5, 5.41) is 0. The van der Waals surface area contributed by atoms with Gasteiger partial charge in [-0.15, -0.1) is 4.83 Å². The summed E-state index contributed by atoms with van der Waals surface area (Å²) in [5.41, 5.74) is 1.94. The highest BCUT2D eigenvalue weighted by molar-refractivity contribution is 7.89. The van der Waals surface area contributed by atoms with E-state index >= 15 is 0 Å². The van der Waals surface area contributed by atoms with Gasteiger partial charge in [0.1, 0.15) is 0 Å². The van der Waals surface area contributed by atoms with E-state index in [0.29, 0.717) is 24.7 Å². The number of benzene rings is 1. The summed E-state index contributed by atoms with van der Waals surface area (Å²) in [7, 11) is -3.92. The molecule has 2 N–H and O–H groups in total. The Morgan fingerprint density at radius 2 is 2.00 bits per heavy atom. The molecule has 9 heteroatoms. The highest BCUT2D eigenvalue weighted by atomic mass is 32.2. The third-order valence-electron chi connectivity index (χ3n) is 2.59. The third-order valence-corrected chi connectivity index (χ3v) is 3.84. The molecule has 0 atom stereocenters. The van der Waals surface area contributed by atoms with Gasteiger partial charge in [-0.2, -0.15) is 0 Å². The molecule has 1 aromatic rings. The highest BCUT2D eigenvalue weighted by Gasteiger charge is 2.19. The quantitative estimate of drug-likeness (QED) is 0.796. The Morgan fingerprint density at radius 3 is 2.71 bits per heavy atom. The predicted octanol–water partition coefficient (Wildman–Crippen LogP) is 0.787. The lowest BCUT2D eigenvalue weighted by Gasteiger charge is -2.11. The van der Waals surface area contributed by atoms with Crippen LogP contribution in [0.25, 0.3) is 0 Å². The van der Waals surface area contributed by atoms with Crippen LogP contribution in [0.4, 0.5) is 4.79 Å². The molecule has 116 valence electrons. The van der Waals surface area contributed by atoms with Gasteiger partial charge in [-0.3, -0.25) is 0 Å². The number of rotatable bonds is 4. The first-order valence-electron chi connectivity index (χ1n) is 6.37. The fourth-order valence-corrected chi connectivity index (χ4v) is 2.49. The number of amides is 1. The van der Waals surface area contributed by atoms with Gasteiger partial charge < -0.3 is 14.2 Å². The first kappa shape index (κ1) is 15.4. The Hall–Kier alpha value is -2.00. The zero-order valence-electron chi connectivity index (χ0n) is 11.4. The molecule has 0 saturated carbocycles. The lowest BCUT2D eigenvalue weighted by atomic mass is 10.3. The zero-order valence-corrected chi connectivity index (χ0v) is 12.2. The van der Waals surface area contributed by atoms with E-state index in [9.17, 15) is 13.2 Å². The van der Waals surface area contributed by atoms with Gasteiger partial charge in [-0.05, 0) is 19.1 Å². The van der Waals surface area contributed by atoms with Crippen LogP contribution in [0.15, 0.2) is 23.1 Å². The summed E-state index contributed by atoms with van der Waals surface area (Å²) in [6, 6.07) is 4.22. The van der Waals surface area contributed by atoms with Crippen LogP contribution in [0, 0.1) is 0 Å². The molecule has 1 aliphatic rings. The van der Waals surface area contributed by atoms with Crippen LogP contribution >= 0.6 is 0 Å². The van der Waals surface area contributed by atoms with Crippen LogP contribution in [0.5, 0.6) is 11.5 Å². The summed E-state index contributed by atoms with van der Waals surface area (Å²) in [4.78, 5) is 13.0. The van der Waals surface area contributed by atoms with Crippen LogP contribution in [-0.4, -0.2) is 34.3 Å². The Balaban J connectivity index is 2.13. The Morgan fingerprint density at radius 1 is 1.29 bits per heavy atom. The number of carbonyl (C=O) groups excluding carboxylic acids is 1. The molecule has 8 nitrogen and oxygen atoms in total. The van der Waals surface area contributed by atoms with E-state index in [-0.39, 0.29) is 11.5 Å². The second-order valence-corrected chi connectivity index (χ2v) is 5.79. The van der Waals surface area contributed by atoms with Crippen molar-refractivity contribution in [1.82, 2.24) is 10.3 Å². The van der Waals surface area contributed by atoms with Gasteiger partial charge in [0.25, 0.3) is 10.0 Å². The van der Waals surface area contributed by atoms with Crippen molar-refractivity contribution in [1.29, 1.82) is 0 Å². The predicted molar refractivity (Wildman–Crippen MR) is 72.5 cm³/mol. The van der Waals surface area contributed by atoms with Gasteiger partial charge in [0, 0.05) is 12.5 Å². The maximum absolute atomic E-state index is 12.0. The summed E-state index contributed by atoms with van der Waals surface area (Å²) in [6.45, 7) is 2.71. The molecule has 0 aliphatic carbocycles. The van der Waals surface area contributed by atoms with Gasteiger partial charge in [-0.1, -0.05) is 0 Å². The van der Waals surface area contributed by atoms with Crippen molar-refractivity contribution < 1.29 is 27.4 Å². The van der Waals surface area contributed by atoms with Crippen molar-refractivity contribution in [2.45, 2.75) is 18.2 Å². The number of hydrazine groups is 1. The Labute approximate surface area is 122 Å². The summed E-state index contributed by atoms with van der Waals surface area (Å²) in [6.07, 6.45) is -0.158. The Kier molecular flexibility index (Phi) is 4.86. The maximum atomic E-state index is 12.0. The molecule has 21 heavy (non-hydrogen) atoms. The lowest BCUT2D eigenvalue weighted by molar-refractivity contribution is 0.150. The molecule has 0 unspecified atom stereocenters. The molecule has 1 heterocycles. The summed E-state index contributed by atoms with van der Waals surface area (Å²) < 4.78 is 39.5. The van der Waals surface area contributed by atoms with E-state index in [1.807, 2.05) is 10.3 Å². The van der Waals surface area contributed by atoms with E-state index in [4.69, 9.17) is 9.47 Å². The van der Waals surface area contributed by atoms with Crippen molar-refractivity contribution in [3.8, 4) is 11.5 Å². The normalized spacial score (nSPS) is 14.1. The van der Waals surface area contributed by atoms with Gasteiger partial charge in [0.05, 0.1) is 24.7 Å². The average molecular weight is 316 g/mol. The van der Waals surface area contributed by atoms with E-state index < -0.39 is 16.1 Å². The molecule has 0 spiro atoms. The van der Waals surface area contributed by atoms with Crippen LogP contribution in [0.3, 0.4) is 0 Å². The molecule has 2 rings (SSSR count). The van der Waals surface area contributed by atoms with E-state index in [1.54, 1.807) is 6.92 Å². The Bertz CT molecular complexity index is 616. The van der Waals surface area contributed by atoms with Crippen LogP contribution in [0.2, 0.25) is 0 Å². The fraction of sp³-hybridized carbons (Fsp3) is 0.417. The molecule has 1 amide bonds. The summed E-state index contributed by atoms with van der Waals surface area (Å²) >= 11 is 0. The van der Waals surface area contributed by atoms with Gasteiger partial charge >= 0.3 is 6.09 Å². The maximum Gasteiger partial charge on any atom is 0.422 e. The third kappa shape index (κ3) is 3.99. The molecule has 0 radical (unpaired) electrons. The number of ether oxygens (including phenoxy) is 3. The standard InChI is InChI=1S/C12H16N2O6S/c1-2-18-12(15)13-14-21(16,17)9-4-5-10-11(8-9)20-7-3-6-19-10/h4-5,8,14H,2-3,6-7H2,1H3,(H,13,15). The van der Waals surface area contributed by atoms with E-state index in [1.165, 1.54) is 18.2 Å². The number of hydrogen-bond donors (Lipinski definition) is 2. The average Bonchev–Trinajstić information content (AvgIpc) is 2.70. The summed E-state index contributed by atoms with van der Waals surface area (Å²) in [5.74, 6) is 0.844. The zero-order chi connectivity index (χ0) is 15.3. The van der Waals surface area contributed by atoms with E-state index in [2.05, 4.69) is 4.74 Å². The number of hydrogen-bond acceptors (Lipinski definition) is 6. The first-order chi connectivity index (χ1) is 10.0. The monoisotopic (exact) mass is 316 g/mol. The second-order valence-electron chi connectivity index (χ2n) is 4.11. The van der Waals surface area contributed by atoms with Gasteiger partial charge in [0.15, 0.2) is 11.5 Å². The van der Waals surface area contributed by atoms with Crippen LogP contribution in [-0.2, 0) is 14.8 Å². The smallest absolute Gasteiger partial charge is 0.422 e. The van der Waals surface area contributed by atoms with Gasteiger partial charge in [0.2, 0.25) is 0 Å². The molecule has 0 aromatic heterocycles. The number of sulfonamides is 1. The molecule has 0 bridgehead atoms. The highest BCUT2D eigenvalue weighted by Crippen LogP contribution is 2.31. The topological polar surface area (TPSA) is 103 Å². The molecule has 1 aromatic carbocycles. The van der Waals surface area contributed by atoms with Crippen molar-refractivity contribution >= 4 is 16.1 Å². The number of nitrogens with one attached hydrogen (secondary N) is 2. The fourth-order valence-electron chi connectivity index (χ4n) is 1.65. The lowest BCUT2D eigenvalue weighted by Crippen LogP contribution is -2.41. The van der Waals surface area contributed by atoms with Crippen molar-refractivity contribution in [2.75, 3.05) is 19.8 Å².